The Morgan fingerprint density at radius 3 is 2.70 bits per heavy atom. The van der Waals surface area contributed by atoms with Gasteiger partial charge in [0.1, 0.15) is 5.69 Å². The van der Waals surface area contributed by atoms with E-state index in [1.54, 1.807) is 11.8 Å². The van der Waals surface area contributed by atoms with Crippen LogP contribution in [0.3, 0.4) is 0 Å². The van der Waals surface area contributed by atoms with Crippen molar-refractivity contribution in [3.63, 3.8) is 0 Å². The molecule has 0 fully saturated rings. The van der Waals surface area contributed by atoms with Gasteiger partial charge in [-0.2, -0.15) is 11.8 Å². The molecule has 1 aromatic carbocycles. The van der Waals surface area contributed by atoms with Crippen LogP contribution in [0.15, 0.2) is 23.1 Å². The van der Waals surface area contributed by atoms with Gasteiger partial charge < -0.3 is 5.73 Å². The van der Waals surface area contributed by atoms with E-state index in [4.69, 9.17) is 5.73 Å². The fourth-order valence-corrected chi connectivity index (χ4v) is 3.68. The van der Waals surface area contributed by atoms with Crippen LogP contribution in [0, 0.1) is 16.0 Å². The molecular weight excluding hydrogens is 302 g/mol. The summed E-state index contributed by atoms with van der Waals surface area (Å²) < 4.78 is 26.7. The molecule has 0 radical (unpaired) electrons. The largest absolute Gasteiger partial charge is 0.393 e. The molecular formula is C11H17N3O4S2. The molecule has 112 valence electrons. The number of para-hydroxylation sites is 1. The fourth-order valence-electron chi connectivity index (χ4n) is 1.62. The third-order valence-electron chi connectivity index (χ3n) is 2.58. The maximum absolute atomic E-state index is 12.1. The normalized spacial score (nSPS) is 13.1. The molecule has 1 aromatic rings. The minimum absolute atomic E-state index is 0.125. The number of rotatable bonds is 7. The van der Waals surface area contributed by atoms with E-state index in [0.717, 1.165) is 5.75 Å². The van der Waals surface area contributed by atoms with E-state index in [1.807, 2.05) is 13.2 Å². The van der Waals surface area contributed by atoms with Crippen LogP contribution in [0.5, 0.6) is 0 Å². The van der Waals surface area contributed by atoms with Crippen molar-refractivity contribution >= 4 is 33.2 Å². The van der Waals surface area contributed by atoms with E-state index in [9.17, 15) is 18.5 Å². The number of sulfonamides is 1. The molecule has 0 saturated heterocycles. The smallest absolute Gasteiger partial charge is 0.312 e. The lowest BCUT2D eigenvalue weighted by atomic mass is 10.2. The third-order valence-corrected chi connectivity index (χ3v) is 4.93. The maximum atomic E-state index is 12.1. The van der Waals surface area contributed by atoms with Gasteiger partial charge in [0, 0.05) is 6.54 Å². The standard InChI is InChI=1S/C11H17N3O4S2/c1-8(7-19-2)6-13-20(17,18)10-5-3-4-9(12)11(10)14(15)16/h3-5,8,13H,6-7,12H2,1-2H3. The molecule has 0 saturated carbocycles. The number of anilines is 1. The molecule has 0 heterocycles. The summed E-state index contributed by atoms with van der Waals surface area (Å²) in [5.74, 6) is 0.918. The van der Waals surface area contributed by atoms with Crippen LogP contribution in [0.4, 0.5) is 11.4 Å². The number of hydrogen-bond acceptors (Lipinski definition) is 6. The van der Waals surface area contributed by atoms with Gasteiger partial charge >= 0.3 is 5.69 Å². The first kappa shape index (κ1) is 16.7. The Morgan fingerprint density at radius 1 is 1.50 bits per heavy atom. The van der Waals surface area contributed by atoms with Crippen molar-refractivity contribution in [3.05, 3.63) is 28.3 Å². The number of hydrogen-bond donors (Lipinski definition) is 2. The van der Waals surface area contributed by atoms with Crippen LogP contribution in [0.25, 0.3) is 0 Å². The second-order valence-electron chi connectivity index (χ2n) is 4.36. The van der Waals surface area contributed by atoms with Crippen molar-refractivity contribution in [1.29, 1.82) is 0 Å². The van der Waals surface area contributed by atoms with Crippen LogP contribution >= 0.6 is 11.8 Å². The van der Waals surface area contributed by atoms with Gasteiger partial charge in [-0.25, -0.2) is 13.1 Å². The molecule has 0 spiro atoms. The quantitative estimate of drug-likeness (QED) is 0.446. The number of benzene rings is 1. The monoisotopic (exact) mass is 319 g/mol. The number of thioether (sulfide) groups is 1. The van der Waals surface area contributed by atoms with E-state index >= 15 is 0 Å². The highest BCUT2D eigenvalue weighted by Gasteiger charge is 2.28. The second-order valence-corrected chi connectivity index (χ2v) is 7.01. The zero-order valence-corrected chi connectivity index (χ0v) is 12.8. The zero-order chi connectivity index (χ0) is 15.3. The lowest BCUT2D eigenvalue weighted by Gasteiger charge is -2.12. The Morgan fingerprint density at radius 2 is 2.15 bits per heavy atom. The van der Waals surface area contributed by atoms with Crippen molar-refractivity contribution in [2.45, 2.75) is 11.8 Å². The van der Waals surface area contributed by atoms with Crippen molar-refractivity contribution in [1.82, 2.24) is 4.72 Å². The summed E-state index contributed by atoms with van der Waals surface area (Å²) in [5.41, 5.74) is 4.73. The fraction of sp³-hybridized carbons (Fsp3) is 0.455. The lowest BCUT2D eigenvalue weighted by Crippen LogP contribution is -2.29. The van der Waals surface area contributed by atoms with E-state index < -0.39 is 25.5 Å². The molecule has 0 aromatic heterocycles. The van der Waals surface area contributed by atoms with Crippen LogP contribution in [-0.2, 0) is 10.0 Å². The maximum Gasteiger partial charge on any atom is 0.312 e. The first-order valence-electron chi connectivity index (χ1n) is 5.81. The van der Waals surface area contributed by atoms with Gasteiger partial charge in [-0.05, 0) is 30.1 Å². The van der Waals surface area contributed by atoms with Crippen LogP contribution in [0.2, 0.25) is 0 Å². The van der Waals surface area contributed by atoms with Crippen molar-refractivity contribution in [3.8, 4) is 0 Å². The van der Waals surface area contributed by atoms with Gasteiger partial charge in [-0.1, -0.05) is 13.0 Å². The minimum atomic E-state index is -3.95. The number of nitro groups is 1. The Hall–Kier alpha value is -1.32. The molecule has 20 heavy (non-hydrogen) atoms. The Bertz CT molecular complexity index is 589. The summed E-state index contributed by atoms with van der Waals surface area (Å²) in [4.78, 5) is 9.77. The molecule has 3 N–H and O–H groups in total. The SMILES string of the molecule is CSCC(C)CNS(=O)(=O)c1cccc(N)c1[N+](=O)[O-]. The summed E-state index contributed by atoms with van der Waals surface area (Å²) in [6.07, 6.45) is 1.92. The van der Waals surface area contributed by atoms with Gasteiger partial charge in [0.2, 0.25) is 10.0 Å². The van der Waals surface area contributed by atoms with Crippen molar-refractivity contribution < 1.29 is 13.3 Å². The average molecular weight is 319 g/mol. The molecule has 1 rings (SSSR count). The second kappa shape index (κ2) is 6.91. The number of nitrogens with two attached hydrogens (primary N) is 1. The summed E-state index contributed by atoms with van der Waals surface area (Å²) in [5, 5.41) is 11.0. The van der Waals surface area contributed by atoms with E-state index in [2.05, 4.69) is 4.72 Å². The van der Waals surface area contributed by atoms with Gasteiger partial charge in [0.15, 0.2) is 4.90 Å². The summed E-state index contributed by atoms with van der Waals surface area (Å²) in [6, 6.07) is 3.85. The molecule has 1 unspecified atom stereocenters. The molecule has 0 amide bonds. The molecule has 9 heteroatoms. The number of nitro benzene ring substituents is 1. The van der Waals surface area contributed by atoms with Gasteiger partial charge in [-0.3, -0.25) is 10.1 Å². The molecule has 0 aliphatic carbocycles. The van der Waals surface area contributed by atoms with Crippen LogP contribution < -0.4 is 10.5 Å². The third kappa shape index (κ3) is 4.09. The Kier molecular flexibility index (Phi) is 5.78. The molecule has 7 nitrogen and oxygen atoms in total. The van der Waals surface area contributed by atoms with Crippen molar-refractivity contribution in [2.24, 2.45) is 5.92 Å². The average Bonchev–Trinajstić information content (AvgIpc) is 2.36. The first-order chi connectivity index (χ1) is 9.29. The van der Waals surface area contributed by atoms with Crippen LogP contribution in [-0.4, -0.2) is 31.9 Å². The molecule has 0 aliphatic rings. The minimum Gasteiger partial charge on any atom is -0.393 e. The predicted octanol–water partition coefficient (Wildman–Crippen LogP) is 1.45. The highest BCUT2D eigenvalue weighted by atomic mass is 32.2. The Labute approximate surface area is 122 Å². The van der Waals surface area contributed by atoms with Gasteiger partial charge in [0.05, 0.1) is 4.92 Å². The van der Waals surface area contributed by atoms with E-state index in [1.165, 1.54) is 18.2 Å². The highest BCUT2D eigenvalue weighted by Crippen LogP contribution is 2.29. The summed E-state index contributed by atoms with van der Waals surface area (Å²) in [6.45, 7) is 2.11. The molecule has 0 aliphatic heterocycles. The van der Waals surface area contributed by atoms with E-state index in [0.29, 0.717) is 0 Å². The van der Waals surface area contributed by atoms with Gasteiger partial charge in [0.25, 0.3) is 0 Å². The predicted molar refractivity (Wildman–Crippen MR) is 80.2 cm³/mol. The van der Waals surface area contributed by atoms with Crippen LogP contribution in [0.1, 0.15) is 6.92 Å². The lowest BCUT2D eigenvalue weighted by molar-refractivity contribution is -0.386. The summed E-state index contributed by atoms with van der Waals surface area (Å²) >= 11 is 1.60. The number of nitrogen functional groups attached to an aromatic ring is 1. The topological polar surface area (TPSA) is 115 Å². The Balaban J connectivity index is 3.04. The van der Waals surface area contributed by atoms with Crippen molar-refractivity contribution in [2.75, 3.05) is 24.3 Å². The van der Waals surface area contributed by atoms with E-state index in [-0.39, 0.29) is 18.2 Å². The first-order valence-corrected chi connectivity index (χ1v) is 8.68. The number of nitrogens with zero attached hydrogens (tertiary/aromatic N) is 1. The molecule has 1 atom stereocenters. The summed E-state index contributed by atoms with van der Waals surface area (Å²) in [7, 11) is -3.95. The molecule has 0 bridgehead atoms. The van der Waals surface area contributed by atoms with Gasteiger partial charge in [-0.15, -0.1) is 0 Å². The highest BCUT2D eigenvalue weighted by molar-refractivity contribution is 7.98. The zero-order valence-electron chi connectivity index (χ0n) is 11.2. The number of nitrogens with one attached hydrogen (secondary N) is 1.